The number of hydrogen-bond acceptors (Lipinski definition) is 0. The van der Waals surface area contributed by atoms with Gasteiger partial charge >= 0.3 is 0 Å². The smallest absolute Gasteiger partial charge is 0.105 e. The number of benzene rings is 2. The Morgan fingerprint density at radius 1 is 1.00 bits per heavy atom. The van der Waals surface area contributed by atoms with Crippen LogP contribution in [0.2, 0.25) is 0 Å². The molecule has 0 radical (unpaired) electrons. The highest BCUT2D eigenvalue weighted by molar-refractivity contribution is 6.27. The van der Waals surface area contributed by atoms with Crippen LogP contribution in [0.3, 0.4) is 0 Å². The van der Waals surface area contributed by atoms with E-state index in [9.17, 15) is 0 Å². The lowest BCUT2D eigenvalue weighted by Gasteiger charge is -2.24. The number of halogens is 1. The summed E-state index contributed by atoms with van der Waals surface area (Å²) in [7, 11) is 0. The maximum Gasteiger partial charge on any atom is 0.106 e. The summed E-state index contributed by atoms with van der Waals surface area (Å²) >= 11 is 6.89. The number of alkyl halides is 1. The van der Waals surface area contributed by atoms with Crippen molar-refractivity contribution in [1.82, 2.24) is 0 Å². The molecule has 0 saturated carbocycles. The molecule has 0 amide bonds. The maximum absolute atomic E-state index is 6.89. The minimum Gasteiger partial charge on any atom is -0.105 e. The van der Waals surface area contributed by atoms with Gasteiger partial charge in [0, 0.05) is 5.92 Å². The van der Waals surface area contributed by atoms with E-state index in [1.807, 2.05) is 18.2 Å². The van der Waals surface area contributed by atoms with E-state index in [1.54, 1.807) is 0 Å². The van der Waals surface area contributed by atoms with Crippen LogP contribution in [0, 0.1) is 0 Å². The molecule has 0 fully saturated rings. The molecule has 2 aliphatic carbocycles. The summed E-state index contributed by atoms with van der Waals surface area (Å²) in [5.74, 6) is 0.345. The number of rotatable bonds is 3. The second-order valence-electron chi connectivity index (χ2n) is 5.92. The van der Waals surface area contributed by atoms with Crippen LogP contribution in [-0.2, 0) is 4.87 Å². The van der Waals surface area contributed by atoms with Gasteiger partial charge in [-0.05, 0) is 34.2 Å². The van der Waals surface area contributed by atoms with Crippen LogP contribution in [-0.4, -0.2) is 0 Å². The average molecular weight is 305 g/mol. The molecule has 0 nitrogen and oxygen atoms in total. The van der Waals surface area contributed by atoms with E-state index in [-0.39, 0.29) is 0 Å². The highest BCUT2D eigenvalue weighted by Crippen LogP contribution is 2.51. The Morgan fingerprint density at radius 3 is 2.50 bits per heavy atom. The monoisotopic (exact) mass is 304 g/mol. The fourth-order valence-corrected chi connectivity index (χ4v) is 4.06. The normalized spacial score (nSPS) is 20.0. The van der Waals surface area contributed by atoms with Crippen molar-refractivity contribution in [1.29, 1.82) is 0 Å². The molecule has 0 spiro atoms. The van der Waals surface area contributed by atoms with Crippen molar-refractivity contribution in [3.8, 4) is 11.1 Å². The third-order valence-electron chi connectivity index (χ3n) is 4.68. The van der Waals surface area contributed by atoms with Crippen LogP contribution in [0.4, 0.5) is 0 Å². The van der Waals surface area contributed by atoms with Crippen LogP contribution in [0.1, 0.15) is 29.0 Å². The van der Waals surface area contributed by atoms with Gasteiger partial charge in [-0.15, -0.1) is 18.2 Å². The minimum atomic E-state index is -0.521. The first-order valence-electron chi connectivity index (χ1n) is 7.64. The SMILES string of the molecule is C=CCC1c2ccccc2-c2cccc(C3(Cl)C=CC=C3)c21. The Hall–Kier alpha value is -2.05. The summed E-state index contributed by atoms with van der Waals surface area (Å²) in [5, 5.41) is 0. The van der Waals surface area contributed by atoms with Gasteiger partial charge in [-0.25, -0.2) is 0 Å². The fraction of sp³-hybridized carbons (Fsp3) is 0.143. The Labute approximate surface area is 136 Å². The predicted octanol–water partition coefficient (Wildman–Crippen LogP) is 5.94. The molecule has 0 saturated heterocycles. The molecule has 2 aromatic carbocycles. The van der Waals surface area contributed by atoms with Gasteiger partial charge in [0.1, 0.15) is 4.87 Å². The molecule has 0 aliphatic heterocycles. The lowest BCUT2D eigenvalue weighted by molar-refractivity contribution is 0.822. The molecule has 0 aromatic heterocycles. The number of allylic oxidation sites excluding steroid dienone is 5. The lowest BCUT2D eigenvalue weighted by Crippen LogP contribution is -2.14. The summed E-state index contributed by atoms with van der Waals surface area (Å²) in [6.45, 7) is 3.95. The highest BCUT2D eigenvalue weighted by atomic mass is 35.5. The predicted molar refractivity (Wildman–Crippen MR) is 94.3 cm³/mol. The second kappa shape index (κ2) is 5.00. The zero-order chi connectivity index (χ0) is 15.2. The van der Waals surface area contributed by atoms with Crippen molar-refractivity contribution in [2.45, 2.75) is 17.2 Å². The lowest BCUT2D eigenvalue weighted by atomic mass is 9.85. The van der Waals surface area contributed by atoms with Crippen LogP contribution in [0.25, 0.3) is 11.1 Å². The van der Waals surface area contributed by atoms with Crippen LogP contribution < -0.4 is 0 Å². The van der Waals surface area contributed by atoms with Gasteiger partial charge in [-0.2, -0.15) is 0 Å². The molecule has 1 unspecified atom stereocenters. The quantitative estimate of drug-likeness (QED) is 0.486. The Balaban J connectivity index is 1.99. The largest absolute Gasteiger partial charge is 0.106 e. The van der Waals surface area contributed by atoms with E-state index >= 15 is 0 Å². The van der Waals surface area contributed by atoms with Crippen molar-refractivity contribution in [3.05, 3.63) is 96.1 Å². The van der Waals surface area contributed by atoms with E-state index in [2.05, 4.69) is 61.2 Å². The number of fused-ring (bicyclic) bond motifs is 3. The first-order chi connectivity index (χ1) is 10.7. The van der Waals surface area contributed by atoms with Gasteiger partial charge in [0.15, 0.2) is 0 Å². The highest BCUT2D eigenvalue weighted by Gasteiger charge is 2.36. The molecule has 1 heteroatoms. The molecule has 0 heterocycles. The minimum absolute atomic E-state index is 0.345. The van der Waals surface area contributed by atoms with E-state index in [0.29, 0.717) is 5.92 Å². The van der Waals surface area contributed by atoms with Gasteiger partial charge in [0.05, 0.1) is 0 Å². The van der Waals surface area contributed by atoms with E-state index in [0.717, 1.165) is 6.42 Å². The van der Waals surface area contributed by atoms with Gasteiger partial charge in [-0.1, -0.05) is 72.8 Å². The molecule has 1 atom stereocenters. The van der Waals surface area contributed by atoms with Crippen molar-refractivity contribution < 1.29 is 0 Å². The van der Waals surface area contributed by atoms with Crippen LogP contribution in [0.5, 0.6) is 0 Å². The van der Waals surface area contributed by atoms with Crippen molar-refractivity contribution in [2.75, 3.05) is 0 Å². The van der Waals surface area contributed by atoms with Crippen LogP contribution >= 0.6 is 11.6 Å². The van der Waals surface area contributed by atoms with Crippen LogP contribution in [0.15, 0.2) is 79.4 Å². The van der Waals surface area contributed by atoms with Crippen molar-refractivity contribution >= 4 is 11.6 Å². The molecule has 4 rings (SSSR count). The first kappa shape index (κ1) is 13.6. The molecule has 2 aliphatic rings. The van der Waals surface area contributed by atoms with E-state index < -0.39 is 4.87 Å². The van der Waals surface area contributed by atoms with Crippen molar-refractivity contribution in [3.63, 3.8) is 0 Å². The summed E-state index contributed by atoms with van der Waals surface area (Å²) in [6, 6.07) is 15.2. The van der Waals surface area contributed by atoms with Gasteiger partial charge in [-0.3, -0.25) is 0 Å². The van der Waals surface area contributed by atoms with Crippen molar-refractivity contribution in [2.24, 2.45) is 0 Å². The van der Waals surface area contributed by atoms with Gasteiger partial charge in [0.25, 0.3) is 0 Å². The second-order valence-corrected chi connectivity index (χ2v) is 6.54. The zero-order valence-electron chi connectivity index (χ0n) is 12.3. The fourth-order valence-electron chi connectivity index (χ4n) is 3.75. The Morgan fingerprint density at radius 2 is 1.73 bits per heavy atom. The Kier molecular flexibility index (Phi) is 3.09. The molecule has 0 bridgehead atoms. The van der Waals surface area contributed by atoms with Gasteiger partial charge in [0.2, 0.25) is 0 Å². The van der Waals surface area contributed by atoms with E-state index in [1.165, 1.54) is 27.8 Å². The third kappa shape index (κ3) is 1.84. The molecular weight excluding hydrogens is 288 g/mol. The number of hydrogen-bond donors (Lipinski definition) is 0. The first-order valence-corrected chi connectivity index (χ1v) is 8.02. The third-order valence-corrected chi connectivity index (χ3v) is 5.14. The average Bonchev–Trinajstić information content (AvgIpc) is 3.12. The molecule has 22 heavy (non-hydrogen) atoms. The maximum atomic E-state index is 6.89. The summed E-state index contributed by atoms with van der Waals surface area (Å²) < 4.78 is 0. The molecule has 2 aromatic rings. The van der Waals surface area contributed by atoms with E-state index in [4.69, 9.17) is 11.6 Å². The summed E-state index contributed by atoms with van der Waals surface area (Å²) in [5.41, 5.74) is 6.58. The molecule has 108 valence electrons. The van der Waals surface area contributed by atoms with Gasteiger partial charge < -0.3 is 0 Å². The molecular formula is C21H17Cl. The summed E-state index contributed by atoms with van der Waals surface area (Å²) in [6.07, 6.45) is 11.1. The summed E-state index contributed by atoms with van der Waals surface area (Å²) in [4.78, 5) is -0.521. The molecule has 0 N–H and O–H groups in total. The standard InChI is InChI=1S/C21H17Cl/c1-2-8-17-15-9-3-4-10-16(15)18-11-7-12-19(20(17)18)21(22)13-5-6-14-21/h2-7,9-14,17H,1,8H2. The Bertz CT molecular complexity index is 798. The topological polar surface area (TPSA) is 0 Å². The zero-order valence-corrected chi connectivity index (χ0v) is 13.1.